The van der Waals surface area contributed by atoms with Gasteiger partial charge in [-0.15, -0.1) is 12.4 Å². The summed E-state index contributed by atoms with van der Waals surface area (Å²) in [6.45, 7) is 4.42. The normalized spacial score (nSPS) is 17.6. The molecule has 5 heteroatoms. The van der Waals surface area contributed by atoms with Crippen molar-refractivity contribution in [2.75, 3.05) is 25.0 Å². The maximum atomic E-state index is 12.0. The molecule has 2 N–H and O–H groups in total. The fraction of sp³-hybridized carbons (Fsp3) is 0.500. The minimum absolute atomic E-state index is 0. The van der Waals surface area contributed by atoms with Crippen LogP contribution in [0, 0.1) is 5.92 Å². The van der Waals surface area contributed by atoms with Gasteiger partial charge in [0.2, 0.25) is 5.91 Å². The van der Waals surface area contributed by atoms with E-state index in [4.69, 9.17) is 4.74 Å². The summed E-state index contributed by atoms with van der Waals surface area (Å²) in [6.07, 6.45) is 1.86. The highest BCUT2D eigenvalue weighted by Crippen LogP contribution is 2.25. The molecule has 1 amide bonds. The molecule has 1 aliphatic heterocycles. The monoisotopic (exact) mass is 284 g/mol. The van der Waals surface area contributed by atoms with E-state index in [1.807, 2.05) is 24.3 Å². The summed E-state index contributed by atoms with van der Waals surface area (Å²) in [5.41, 5.74) is 0.767. The summed E-state index contributed by atoms with van der Waals surface area (Å²) in [5, 5.41) is 6.15. The highest BCUT2D eigenvalue weighted by molar-refractivity contribution is 5.94. The average molecular weight is 285 g/mol. The number of amides is 1. The number of carbonyl (C=O) groups excluding carboxylic acids is 1. The summed E-state index contributed by atoms with van der Waals surface area (Å²) in [4.78, 5) is 12.0. The van der Waals surface area contributed by atoms with Crippen LogP contribution in [0.5, 0.6) is 5.75 Å². The Morgan fingerprint density at radius 3 is 2.95 bits per heavy atom. The second-order valence-electron chi connectivity index (χ2n) is 4.52. The van der Waals surface area contributed by atoms with Crippen molar-refractivity contribution in [1.82, 2.24) is 5.32 Å². The Kier molecular flexibility index (Phi) is 6.67. The van der Waals surface area contributed by atoms with E-state index in [0.717, 1.165) is 37.4 Å². The number of para-hydroxylation sites is 2. The maximum absolute atomic E-state index is 12.0. The number of rotatable bonds is 5. The second-order valence-corrected chi connectivity index (χ2v) is 4.52. The molecular formula is C14H21ClN2O2. The number of anilines is 1. The van der Waals surface area contributed by atoms with Crippen LogP contribution >= 0.6 is 12.4 Å². The summed E-state index contributed by atoms with van der Waals surface area (Å²) < 4.78 is 5.62. The molecule has 1 aromatic carbocycles. The van der Waals surface area contributed by atoms with E-state index >= 15 is 0 Å². The predicted octanol–water partition coefficient (Wildman–Crippen LogP) is 2.45. The lowest BCUT2D eigenvalue weighted by atomic mass is 10.1. The highest BCUT2D eigenvalue weighted by atomic mass is 35.5. The van der Waals surface area contributed by atoms with Crippen molar-refractivity contribution in [3.05, 3.63) is 24.3 Å². The van der Waals surface area contributed by atoms with Crippen molar-refractivity contribution >= 4 is 24.0 Å². The standard InChI is InChI=1S/C14H20N2O2.ClH/c1-2-9-18-13-6-4-3-5-12(13)16-14(17)11-7-8-15-10-11;/h3-6,11,15H,2,7-10H2,1H3,(H,16,17);1H. The van der Waals surface area contributed by atoms with Crippen molar-refractivity contribution < 1.29 is 9.53 Å². The Hall–Kier alpha value is -1.26. The summed E-state index contributed by atoms with van der Waals surface area (Å²) in [6, 6.07) is 7.59. The number of halogens is 1. The van der Waals surface area contributed by atoms with Gasteiger partial charge in [0.1, 0.15) is 5.75 Å². The van der Waals surface area contributed by atoms with Gasteiger partial charge in [0.25, 0.3) is 0 Å². The Morgan fingerprint density at radius 1 is 1.47 bits per heavy atom. The predicted molar refractivity (Wildman–Crippen MR) is 79.1 cm³/mol. The van der Waals surface area contributed by atoms with Crippen molar-refractivity contribution in [2.45, 2.75) is 19.8 Å². The van der Waals surface area contributed by atoms with Gasteiger partial charge in [-0.1, -0.05) is 19.1 Å². The van der Waals surface area contributed by atoms with Gasteiger partial charge in [-0.25, -0.2) is 0 Å². The molecule has 0 aromatic heterocycles. The zero-order valence-electron chi connectivity index (χ0n) is 11.1. The zero-order valence-corrected chi connectivity index (χ0v) is 12.0. The van der Waals surface area contributed by atoms with Crippen molar-refractivity contribution in [2.24, 2.45) is 5.92 Å². The third kappa shape index (κ3) is 4.40. The van der Waals surface area contributed by atoms with E-state index < -0.39 is 0 Å². The van der Waals surface area contributed by atoms with Gasteiger partial charge >= 0.3 is 0 Å². The fourth-order valence-corrected chi connectivity index (χ4v) is 2.02. The molecule has 1 unspecified atom stereocenters. The molecule has 4 nitrogen and oxygen atoms in total. The Balaban J connectivity index is 0.00000180. The van der Waals surface area contributed by atoms with Gasteiger partial charge in [-0.3, -0.25) is 4.79 Å². The zero-order chi connectivity index (χ0) is 12.8. The molecule has 1 aromatic rings. The van der Waals surface area contributed by atoms with Gasteiger partial charge in [0.15, 0.2) is 0 Å². The van der Waals surface area contributed by atoms with Crippen LogP contribution in [-0.2, 0) is 4.79 Å². The first kappa shape index (κ1) is 15.8. The average Bonchev–Trinajstić information content (AvgIpc) is 2.91. The van der Waals surface area contributed by atoms with E-state index in [2.05, 4.69) is 17.6 Å². The Bertz CT molecular complexity index is 406. The number of nitrogens with one attached hydrogen (secondary N) is 2. The third-order valence-corrected chi connectivity index (χ3v) is 3.04. The molecule has 0 aliphatic carbocycles. The van der Waals surface area contributed by atoms with Crippen molar-refractivity contribution in [1.29, 1.82) is 0 Å². The molecule has 0 saturated carbocycles. The van der Waals surface area contributed by atoms with E-state index in [9.17, 15) is 4.79 Å². The fourth-order valence-electron chi connectivity index (χ4n) is 2.02. The molecule has 0 radical (unpaired) electrons. The SMILES string of the molecule is CCCOc1ccccc1NC(=O)C1CCNC1.Cl. The van der Waals surface area contributed by atoms with Crippen LogP contribution in [0.3, 0.4) is 0 Å². The van der Waals surface area contributed by atoms with Gasteiger partial charge in [-0.05, 0) is 31.5 Å². The summed E-state index contributed by atoms with van der Waals surface area (Å²) >= 11 is 0. The first-order valence-corrected chi connectivity index (χ1v) is 6.54. The number of benzene rings is 1. The topological polar surface area (TPSA) is 50.4 Å². The minimum Gasteiger partial charge on any atom is -0.491 e. The molecular weight excluding hydrogens is 264 g/mol. The quantitative estimate of drug-likeness (QED) is 0.873. The van der Waals surface area contributed by atoms with Crippen LogP contribution in [0.1, 0.15) is 19.8 Å². The second kappa shape index (κ2) is 8.02. The Labute approximate surface area is 120 Å². The van der Waals surface area contributed by atoms with Crippen LogP contribution in [0.4, 0.5) is 5.69 Å². The highest BCUT2D eigenvalue weighted by Gasteiger charge is 2.22. The van der Waals surface area contributed by atoms with Crippen LogP contribution in [0.2, 0.25) is 0 Å². The van der Waals surface area contributed by atoms with E-state index in [0.29, 0.717) is 6.61 Å². The smallest absolute Gasteiger partial charge is 0.228 e. The molecule has 1 atom stereocenters. The lowest BCUT2D eigenvalue weighted by Gasteiger charge is -2.14. The summed E-state index contributed by atoms with van der Waals surface area (Å²) in [7, 11) is 0. The number of carbonyl (C=O) groups is 1. The van der Waals surface area contributed by atoms with E-state index in [-0.39, 0.29) is 24.2 Å². The number of ether oxygens (including phenoxy) is 1. The van der Waals surface area contributed by atoms with Gasteiger partial charge in [-0.2, -0.15) is 0 Å². The van der Waals surface area contributed by atoms with Crippen LogP contribution in [-0.4, -0.2) is 25.6 Å². The molecule has 1 fully saturated rings. The Morgan fingerprint density at radius 2 is 2.26 bits per heavy atom. The third-order valence-electron chi connectivity index (χ3n) is 3.04. The van der Waals surface area contributed by atoms with Crippen molar-refractivity contribution in [3.8, 4) is 5.75 Å². The van der Waals surface area contributed by atoms with E-state index in [1.165, 1.54) is 0 Å². The number of hydrogen-bond acceptors (Lipinski definition) is 3. The molecule has 1 aliphatic rings. The van der Waals surface area contributed by atoms with Gasteiger partial charge in [0, 0.05) is 6.54 Å². The molecule has 0 bridgehead atoms. The van der Waals surface area contributed by atoms with Crippen LogP contribution < -0.4 is 15.4 Å². The van der Waals surface area contributed by atoms with Crippen molar-refractivity contribution in [3.63, 3.8) is 0 Å². The summed E-state index contributed by atoms with van der Waals surface area (Å²) in [5.74, 6) is 0.899. The first-order chi connectivity index (χ1) is 8.81. The number of hydrogen-bond donors (Lipinski definition) is 2. The van der Waals surface area contributed by atoms with Gasteiger partial charge in [0.05, 0.1) is 18.2 Å². The lowest BCUT2D eigenvalue weighted by molar-refractivity contribution is -0.119. The maximum Gasteiger partial charge on any atom is 0.228 e. The lowest BCUT2D eigenvalue weighted by Crippen LogP contribution is -2.24. The molecule has 2 rings (SSSR count). The molecule has 1 saturated heterocycles. The molecule has 0 spiro atoms. The first-order valence-electron chi connectivity index (χ1n) is 6.54. The molecule has 106 valence electrons. The molecule has 1 heterocycles. The van der Waals surface area contributed by atoms with Crippen LogP contribution in [0.15, 0.2) is 24.3 Å². The minimum atomic E-state index is 0. The van der Waals surface area contributed by atoms with E-state index in [1.54, 1.807) is 0 Å². The molecule has 19 heavy (non-hydrogen) atoms. The van der Waals surface area contributed by atoms with Gasteiger partial charge < -0.3 is 15.4 Å². The largest absolute Gasteiger partial charge is 0.491 e. The van der Waals surface area contributed by atoms with Crippen LogP contribution in [0.25, 0.3) is 0 Å².